The van der Waals surface area contributed by atoms with E-state index >= 15 is 0 Å². The largest absolute Gasteiger partial charge is 0.337 e. The average molecular weight is 284 g/mol. The van der Waals surface area contributed by atoms with Crippen molar-refractivity contribution in [3.8, 4) is 0 Å². The molecule has 0 aliphatic carbocycles. The van der Waals surface area contributed by atoms with Gasteiger partial charge in [-0.3, -0.25) is 9.58 Å². The number of hydrogen-bond acceptors (Lipinski definition) is 2. The third kappa shape index (κ3) is 3.07. The van der Waals surface area contributed by atoms with E-state index in [1.165, 1.54) is 5.56 Å². The molecule has 1 aliphatic rings. The Balaban J connectivity index is 1.53. The zero-order chi connectivity index (χ0) is 14.7. The van der Waals surface area contributed by atoms with E-state index in [9.17, 15) is 4.79 Å². The summed E-state index contributed by atoms with van der Waals surface area (Å²) in [5.74, 6) is 0.340. The van der Waals surface area contributed by atoms with Crippen molar-refractivity contribution in [3.63, 3.8) is 0 Å². The summed E-state index contributed by atoms with van der Waals surface area (Å²) in [7, 11) is 0. The van der Waals surface area contributed by atoms with E-state index in [0.717, 1.165) is 25.2 Å². The lowest BCUT2D eigenvalue weighted by atomic mass is 10.2. The molecule has 1 aliphatic heterocycles. The number of benzene rings is 1. The van der Waals surface area contributed by atoms with Crippen LogP contribution in [0.3, 0.4) is 0 Å². The number of rotatable bonds is 4. The van der Waals surface area contributed by atoms with Gasteiger partial charge in [-0.2, -0.15) is 5.10 Å². The van der Waals surface area contributed by atoms with Crippen LogP contribution in [0.1, 0.15) is 12.5 Å². The van der Waals surface area contributed by atoms with E-state index in [0.29, 0.717) is 12.5 Å². The molecule has 1 N–H and O–H groups in total. The van der Waals surface area contributed by atoms with Crippen molar-refractivity contribution in [3.05, 3.63) is 48.3 Å². The van der Waals surface area contributed by atoms with Crippen molar-refractivity contribution in [2.24, 2.45) is 5.92 Å². The van der Waals surface area contributed by atoms with Gasteiger partial charge >= 0.3 is 6.03 Å². The summed E-state index contributed by atoms with van der Waals surface area (Å²) in [6.07, 6.45) is 4.65. The van der Waals surface area contributed by atoms with Gasteiger partial charge in [0.15, 0.2) is 0 Å². The molecule has 2 aromatic rings. The summed E-state index contributed by atoms with van der Waals surface area (Å²) in [5, 5.41) is 7.21. The van der Waals surface area contributed by atoms with Crippen molar-refractivity contribution in [2.75, 3.05) is 18.0 Å². The van der Waals surface area contributed by atoms with Crippen LogP contribution in [0, 0.1) is 5.92 Å². The highest BCUT2D eigenvalue weighted by molar-refractivity contribution is 5.94. The predicted molar refractivity (Wildman–Crippen MR) is 82.3 cm³/mol. The minimum Gasteiger partial charge on any atom is -0.337 e. The van der Waals surface area contributed by atoms with Crippen LogP contribution in [0.15, 0.2) is 42.7 Å². The molecule has 1 aromatic heterocycles. The molecule has 21 heavy (non-hydrogen) atoms. The maximum absolute atomic E-state index is 12.3. The van der Waals surface area contributed by atoms with Crippen LogP contribution < -0.4 is 10.2 Å². The number of aromatic nitrogens is 2. The number of hydrogen-bond donors (Lipinski definition) is 1. The van der Waals surface area contributed by atoms with Crippen molar-refractivity contribution < 1.29 is 4.79 Å². The lowest BCUT2D eigenvalue weighted by molar-refractivity contribution is 0.244. The second-order valence-electron chi connectivity index (χ2n) is 5.55. The van der Waals surface area contributed by atoms with Crippen LogP contribution in [-0.4, -0.2) is 28.9 Å². The van der Waals surface area contributed by atoms with E-state index in [1.54, 1.807) is 6.20 Å². The SMILES string of the molecule is CC(CNC(=O)N1CCc2ccccc21)Cn1cccn1. The summed E-state index contributed by atoms with van der Waals surface area (Å²) >= 11 is 0. The highest BCUT2D eigenvalue weighted by atomic mass is 16.2. The van der Waals surface area contributed by atoms with Crippen LogP contribution in [0.25, 0.3) is 0 Å². The molecule has 0 saturated carbocycles. The standard InChI is InChI=1S/C16H20N4O/c1-13(12-19-9-4-8-18-19)11-17-16(21)20-10-7-14-5-2-3-6-15(14)20/h2-6,8-9,13H,7,10-12H2,1H3,(H,17,21). The Labute approximate surface area is 124 Å². The van der Waals surface area contributed by atoms with Crippen molar-refractivity contribution in [1.29, 1.82) is 0 Å². The van der Waals surface area contributed by atoms with Gasteiger partial charge in [-0.05, 0) is 30.0 Å². The van der Waals surface area contributed by atoms with Gasteiger partial charge in [0.25, 0.3) is 0 Å². The van der Waals surface area contributed by atoms with Gasteiger partial charge < -0.3 is 5.32 Å². The maximum atomic E-state index is 12.3. The first kappa shape index (κ1) is 13.7. The second-order valence-corrected chi connectivity index (χ2v) is 5.55. The van der Waals surface area contributed by atoms with Gasteiger partial charge in [-0.25, -0.2) is 4.79 Å². The van der Waals surface area contributed by atoms with Crippen molar-refractivity contribution in [1.82, 2.24) is 15.1 Å². The van der Waals surface area contributed by atoms with E-state index < -0.39 is 0 Å². The summed E-state index contributed by atoms with van der Waals surface area (Å²) < 4.78 is 1.89. The van der Waals surface area contributed by atoms with Gasteiger partial charge in [0.1, 0.15) is 0 Å². The summed E-state index contributed by atoms with van der Waals surface area (Å²) in [6.45, 7) is 4.33. The molecule has 0 radical (unpaired) electrons. The number of amides is 2. The molecule has 3 rings (SSSR count). The quantitative estimate of drug-likeness (QED) is 0.936. The first-order chi connectivity index (χ1) is 10.2. The van der Waals surface area contributed by atoms with Crippen molar-refractivity contribution >= 4 is 11.7 Å². The van der Waals surface area contributed by atoms with Gasteiger partial charge in [0.05, 0.1) is 0 Å². The van der Waals surface area contributed by atoms with Gasteiger partial charge in [-0.15, -0.1) is 0 Å². The average Bonchev–Trinajstić information content (AvgIpc) is 3.13. The van der Waals surface area contributed by atoms with E-state index in [-0.39, 0.29) is 6.03 Å². The zero-order valence-corrected chi connectivity index (χ0v) is 12.2. The molecule has 5 heteroatoms. The van der Waals surface area contributed by atoms with Gasteiger partial charge in [-0.1, -0.05) is 25.1 Å². The molecule has 1 unspecified atom stereocenters. The van der Waals surface area contributed by atoms with Crippen LogP contribution in [0.5, 0.6) is 0 Å². The normalized spacial score (nSPS) is 14.8. The molecule has 0 saturated heterocycles. The summed E-state index contributed by atoms with van der Waals surface area (Å²) in [5.41, 5.74) is 2.28. The molecule has 0 bridgehead atoms. The highest BCUT2D eigenvalue weighted by Crippen LogP contribution is 2.27. The fourth-order valence-corrected chi connectivity index (χ4v) is 2.70. The van der Waals surface area contributed by atoms with Crippen LogP contribution in [0.4, 0.5) is 10.5 Å². The highest BCUT2D eigenvalue weighted by Gasteiger charge is 2.23. The predicted octanol–water partition coefficient (Wildman–Crippen LogP) is 2.29. The molecule has 0 spiro atoms. The smallest absolute Gasteiger partial charge is 0.321 e. The molecule has 2 heterocycles. The third-order valence-electron chi connectivity index (χ3n) is 3.79. The first-order valence-electron chi connectivity index (χ1n) is 7.35. The Morgan fingerprint density at radius 2 is 2.24 bits per heavy atom. The second kappa shape index (κ2) is 5.99. The monoisotopic (exact) mass is 284 g/mol. The van der Waals surface area contributed by atoms with E-state index in [2.05, 4.69) is 23.4 Å². The molecule has 110 valence electrons. The maximum Gasteiger partial charge on any atom is 0.321 e. The minimum atomic E-state index is -0.00716. The molecule has 0 fully saturated rings. The Kier molecular flexibility index (Phi) is 3.90. The Morgan fingerprint density at radius 3 is 3.05 bits per heavy atom. The van der Waals surface area contributed by atoms with Crippen molar-refractivity contribution in [2.45, 2.75) is 19.9 Å². The number of nitrogens with one attached hydrogen (secondary N) is 1. The summed E-state index contributed by atoms with van der Waals surface area (Å²) in [6, 6.07) is 9.99. The number of carbonyl (C=O) groups excluding carboxylic acids is 1. The lowest BCUT2D eigenvalue weighted by Crippen LogP contribution is -2.41. The van der Waals surface area contributed by atoms with Crippen LogP contribution >= 0.6 is 0 Å². The number of anilines is 1. The van der Waals surface area contributed by atoms with E-state index in [4.69, 9.17) is 0 Å². The molecule has 1 aromatic carbocycles. The number of urea groups is 1. The topological polar surface area (TPSA) is 50.2 Å². The number of fused-ring (bicyclic) bond motifs is 1. The number of para-hydroxylation sites is 1. The van der Waals surface area contributed by atoms with Crippen LogP contribution in [-0.2, 0) is 13.0 Å². The first-order valence-corrected chi connectivity index (χ1v) is 7.35. The molecule has 2 amide bonds. The Morgan fingerprint density at radius 1 is 1.38 bits per heavy atom. The molecule has 5 nitrogen and oxygen atoms in total. The van der Waals surface area contributed by atoms with Gasteiger partial charge in [0, 0.05) is 37.7 Å². The van der Waals surface area contributed by atoms with E-state index in [1.807, 2.05) is 40.0 Å². The Bertz CT molecular complexity index is 608. The molecular formula is C16H20N4O. The zero-order valence-electron chi connectivity index (χ0n) is 12.2. The fourth-order valence-electron chi connectivity index (χ4n) is 2.70. The third-order valence-corrected chi connectivity index (χ3v) is 3.79. The number of nitrogens with zero attached hydrogens (tertiary/aromatic N) is 3. The summed E-state index contributed by atoms with van der Waals surface area (Å²) in [4.78, 5) is 14.1. The molecular weight excluding hydrogens is 264 g/mol. The van der Waals surface area contributed by atoms with Gasteiger partial charge in [0.2, 0.25) is 0 Å². The lowest BCUT2D eigenvalue weighted by Gasteiger charge is -2.20. The fraction of sp³-hybridized carbons (Fsp3) is 0.375. The molecule has 1 atom stereocenters. The Hall–Kier alpha value is -2.30. The number of carbonyl (C=O) groups is 1. The van der Waals surface area contributed by atoms with Crippen LogP contribution in [0.2, 0.25) is 0 Å². The minimum absolute atomic E-state index is 0.00716.